The van der Waals surface area contributed by atoms with Crippen LogP contribution in [-0.2, 0) is 0 Å². The fraction of sp³-hybridized carbons (Fsp3) is 0.300. The zero-order valence-corrected chi connectivity index (χ0v) is 7.14. The first-order valence-corrected chi connectivity index (χ1v) is 3.96. The minimum Gasteiger partial charge on any atom is -0.388 e. The van der Waals surface area contributed by atoms with Gasteiger partial charge < -0.3 is 5.11 Å². The van der Waals surface area contributed by atoms with Crippen molar-refractivity contribution in [3.63, 3.8) is 0 Å². The maximum Gasteiger partial charge on any atom is 0.0850 e. The maximum absolute atomic E-state index is 9.69. The summed E-state index contributed by atoms with van der Waals surface area (Å²) in [4.78, 5) is 3.88. The Hall–Kier alpha value is -1.15. The van der Waals surface area contributed by atoms with Gasteiger partial charge in [0.05, 0.1) is 6.10 Å². The fourth-order valence-corrected chi connectivity index (χ4v) is 0.993. The van der Waals surface area contributed by atoms with E-state index in [4.69, 9.17) is 0 Å². The van der Waals surface area contributed by atoms with Gasteiger partial charge in [0.25, 0.3) is 0 Å². The lowest BCUT2D eigenvalue weighted by Gasteiger charge is -2.14. The molecule has 2 heteroatoms. The Morgan fingerprint density at radius 2 is 2.08 bits per heavy atom. The first-order chi connectivity index (χ1) is 5.75. The predicted octanol–water partition coefficient (Wildman–Crippen LogP) is 1.94. The van der Waals surface area contributed by atoms with Crippen molar-refractivity contribution in [2.45, 2.75) is 13.0 Å². The molecule has 1 aromatic rings. The predicted molar refractivity (Wildman–Crippen MR) is 48.6 cm³/mol. The van der Waals surface area contributed by atoms with Gasteiger partial charge in [-0.15, -0.1) is 6.58 Å². The van der Waals surface area contributed by atoms with Crippen LogP contribution in [0.5, 0.6) is 0 Å². The number of pyridine rings is 1. The van der Waals surface area contributed by atoms with Crippen molar-refractivity contribution in [1.82, 2.24) is 4.98 Å². The highest BCUT2D eigenvalue weighted by atomic mass is 16.3. The SMILES string of the molecule is C=CC(C)C(O)c1ccncc1. The molecule has 1 aromatic heterocycles. The van der Waals surface area contributed by atoms with Crippen LogP contribution >= 0.6 is 0 Å². The van der Waals surface area contributed by atoms with Gasteiger partial charge >= 0.3 is 0 Å². The Labute approximate surface area is 72.6 Å². The Morgan fingerprint density at radius 3 is 2.58 bits per heavy atom. The highest BCUT2D eigenvalue weighted by Crippen LogP contribution is 2.20. The van der Waals surface area contributed by atoms with Gasteiger partial charge in [0.2, 0.25) is 0 Å². The lowest BCUT2D eigenvalue weighted by atomic mass is 9.99. The number of aliphatic hydroxyl groups is 1. The van der Waals surface area contributed by atoms with E-state index in [0.717, 1.165) is 5.56 Å². The molecule has 2 unspecified atom stereocenters. The summed E-state index contributed by atoms with van der Waals surface area (Å²) in [6.45, 7) is 5.56. The standard InChI is InChI=1S/C10H13NO/c1-3-8(2)10(12)9-4-6-11-7-5-9/h3-8,10,12H,1H2,2H3. The smallest absolute Gasteiger partial charge is 0.0850 e. The van der Waals surface area contributed by atoms with Crippen molar-refractivity contribution in [2.75, 3.05) is 0 Å². The van der Waals surface area contributed by atoms with Crippen molar-refractivity contribution in [2.24, 2.45) is 5.92 Å². The van der Waals surface area contributed by atoms with Gasteiger partial charge in [-0.25, -0.2) is 0 Å². The molecule has 1 rings (SSSR count). The maximum atomic E-state index is 9.69. The summed E-state index contributed by atoms with van der Waals surface area (Å²) in [6.07, 6.45) is 4.62. The second kappa shape index (κ2) is 4.02. The van der Waals surface area contributed by atoms with Gasteiger partial charge in [-0.2, -0.15) is 0 Å². The Morgan fingerprint density at radius 1 is 1.50 bits per heavy atom. The van der Waals surface area contributed by atoms with E-state index in [-0.39, 0.29) is 5.92 Å². The third-order valence-electron chi connectivity index (χ3n) is 1.92. The van der Waals surface area contributed by atoms with E-state index in [1.165, 1.54) is 0 Å². The van der Waals surface area contributed by atoms with Crippen LogP contribution in [0.4, 0.5) is 0 Å². The second-order valence-corrected chi connectivity index (χ2v) is 2.82. The summed E-state index contributed by atoms with van der Waals surface area (Å²) in [5, 5.41) is 9.69. The molecule has 0 spiro atoms. The molecule has 0 saturated heterocycles. The molecule has 0 radical (unpaired) electrons. The largest absolute Gasteiger partial charge is 0.388 e. The van der Waals surface area contributed by atoms with E-state index >= 15 is 0 Å². The molecule has 0 bridgehead atoms. The van der Waals surface area contributed by atoms with Gasteiger partial charge in [0.15, 0.2) is 0 Å². The molecule has 0 aromatic carbocycles. The van der Waals surface area contributed by atoms with Crippen molar-refractivity contribution < 1.29 is 5.11 Å². The average molecular weight is 163 g/mol. The number of nitrogens with zero attached hydrogens (tertiary/aromatic N) is 1. The van der Waals surface area contributed by atoms with Crippen LogP contribution in [0.25, 0.3) is 0 Å². The molecule has 2 atom stereocenters. The summed E-state index contributed by atoms with van der Waals surface area (Å²) in [7, 11) is 0. The summed E-state index contributed by atoms with van der Waals surface area (Å²) < 4.78 is 0. The van der Waals surface area contributed by atoms with E-state index in [1.807, 2.05) is 19.1 Å². The summed E-state index contributed by atoms with van der Waals surface area (Å²) in [5.74, 6) is 0.0763. The normalized spacial score (nSPS) is 15.2. The molecule has 0 fully saturated rings. The number of hydrogen-bond acceptors (Lipinski definition) is 2. The molecular weight excluding hydrogens is 150 g/mol. The number of hydrogen-bond donors (Lipinski definition) is 1. The first-order valence-electron chi connectivity index (χ1n) is 3.96. The molecule has 1 N–H and O–H groups in total. The summed E-state index contributed by atoms with van der Waals surface area (Å²) in [5.41, 5.74) is 0.886. The molecule has 2 nitrogen and oxygen atoms in total. The zero-order valence-electron chi connectivity index (χ0n) is 7.14. The molecule has 0 amide bonds. The third kappa shape index (κ3) is 1.92. The van der Waals surface area contributed by atoms with Gasteiger partial charge in [-0.1, -0.05) is 13.0 Å². The van der Waals surface area contributed by atoms with Gasteiger partial charge in [-0.3, -0.25) is 4.98 Å². The van der Waals surface area contributed by atoms with Crippen LogP contribution in [-0.4, -0.2) is 10.1 Å². The molecule has 0 aliphatic carbocycles. The van der Waals surface area contributed by atoms with Crippen LogP contribution in [0.2, 0.25) is 0 Å². The topological polar surface area (TPSA) is 33.1 Å². The minimum absolute atomic E-state index is 0.0763. The third-order valence-corrected chi connectivity index (χ3v) is 1.92. The molecule has 12 heavy (non-hydrogen) atoms. The van der Waals surface area contributed by atoms with Crippen LogP contribution in [0.15, 0.2) is 37.2 Å². The van der Waals surface area contributed by atoms with Crippen molar-refractivity contribution in [3.8, 4) is 0 Å². The quantitative estimate of drug-likeness (QED) is 0.691. The van der Waals surface area contributed by atoms with Crippen molar-refractivity contribution >= 4 is 0 Å². The Balaban J connectivity index is 2.78. The first kappa shape index (κ1) is 8.94. The number of aromatic nitrogens is 1. The van der Waals surface area contributed by atoms with E-state index in [1.54, 1.807) is 18.5 Å². The Bertz CT molecular complexity index is 245. The average Bonchev–Trinajstić information content (AvgIpc) is 2.17. The summed E-state index contributed by atoms with van der Waals surface area (Å²) >= 11 is 0. The molecule has 0 aliphatic rings. The van der Waals surface area contributed by atoms with Crippen LogP contribution in [0.1, 0.15) is 18.6 Å². The highest BCUT2D eigenvalue weighted by Gasteiger charge is 2.11. The summed E-state index contributed by atoms with van der Waals surface area (Å²) in [6, 6.07) is 3.62. The lowest BCUT2D eigenvalue weighted by Crippen LogP contribution is -2.05. The Kier molecular flexibility index (Phi) is 3.00. The monoisotopic (exact) mass is 163 g/mol. The van der Waals surface area contributed by atoms with E-state index < -0.39 is 6.10 Å². The van der Waals surface area contributed by atoms with Gasteiger partial charge in [0.1, 0.15) is 0 Å². The second-order valence-electron chi connectivity index (χ2n) is 2.82. The van der Waals surface area contributed by atoms with Crippen LogP contribution in [0, 0.1) is 5.92 Å². The lowest BCUT2D eigenvalue weighted by molar-refractivity contribution is 0.140. The minimum atomic E-state index is -0.467. The van der Waals surface area contributed by atoms with E-state index in [2.05, 4.69) is 11.6 Å². The molecular formula is C10H13NO. The molecule has 0 aliphatic heterocycles. The highest BCUT2D eigenvalue weighted by molar-refractivity contribution is 5.14. The number of rotatable bonds is 3. The number of aliphatic hydroxyl groups excluding tert-OH is 1. The molecule has 64 valence electrons. The van der Waals surface area contributed by atoms with Crippen molar-refractivity contribution in [3.05, 3.63) is 42.7 Å². The van der Waals surface area contributed by atoms with Crippen LogP contribution < -0.4 is 0 Å². The van der Waals surface area contributed by atoms with Gasteiger partial charge in [-0.05, 0) is 17.7 Å². The van der Waals surface area contributed by atoms with Crippen LogP contribution in [0.3, 0.4) is 0 Å². The molecule has 0 saturated carbocycles. The van der Waals surface area contributed by atoms with Gasteiger partial charge in [0, 0.05) is 18.3 Å². The zero-order chi connectivity index (χ0) is 8.97. The van der Waals surface area contributed by atoms with Crippen molar-refractivity contribution in [1.29, 1.82) is 0 Å². The van der Waals surface area contributed by atoms with E-state index in [9.17, 15) is 5.11 Å². The van der Waals surface area contributed by atoms with E-state index in [0.29, 0.717) is 0 Å². The fourth-order valence-electron chi connectivity index (χ4n) is 0.993. The molecule has 1 heterocycles.